The SMILES string of the molecule is Cc1ccccc1Oc1ccc(Cl)c(CNC(C)(C)C)n1. The van der Waals surface area contributed by atoms with E-state index in [1.54, 1.807) is 6.07 Å². The van der Waals surface area contributed by atoms with Gasteiger partial charge in [-0.05, 0) is 45.4 Å². The van der Waals surface area contributed by atoms with Crippen LogP contribution >= 0.6 is 11.6 Å². The minimum Gasteiger partial charge on any atom is -0.439 e. The van der Waals surface area contributed by atoms with Crippen molar-refractivity contribution < 1.29 is 4.74 Å². The Morgan fingerprint density at radius 2 is 1.86 bits per heavy atom. The molecule has 0 fully saturated rings. The largest absolute Gasteiger partial charge is 0.439 e. The van der Waals surface area contributed by atoms with E-state index >= 15 is 0 Å². The average Bonchev–Trinajstić information content (AvgIpc) is 2.41. The number of ether oxygens (including phenoxy) is 1. The van der Waals surface area contributed by atoms with Gasteiger partial charge in [0.15, 0.2) is 0 Å². The molecule has 0 unspecified atom stereocenters. The van der Waals surface area contributed by atoms with Crippen molar-refractivity contribution >= 4 is 11.6 Å². The number of nitrogens with one attached hydrogen (secondary N) is 1. The first-order valence-corrected chi connectivity index (χ1v) is 7.37. The number of rotatable bonds is 4. The first-order chi connectivity index (χ1) is 9.85. The van der Waals surface area contributed by atoms with E-state index < -0.39 is 0 Å². The Labute approximate surface area is 131 Å². The molecule has 4 heteroatoms. The van der Waals surface area contributed by atoms with Gasteiger partial charge in [-0.3, -0.25) is 0 Å². The zero-order valence-corrected chi connectivity index (χ0v) is 13.7. The van der Waals surface area contributed by atoms with E-state index in [-0.39, 0.29) is 5.54 Å². The van der Waals surface area contributed by atoms with Gasteiger partial charge in [0.05, 0.1) is 10.7 Å². The van der Waals surface area contributed by atoms with Crippen molar-refractivity contribution in [1.29, 1.82) is 0 Å². The molecule has 0 aliphatic rings. The Hall–Kier alpha value is -1.58. The predicted octanol–water partition coefficient (Wildman–Crippen LogP) is 4.72. The Bertz CT molecular complexity index is 620. The lowest BCUT2D eigenvalue weighted by Crippen LogP contribution is -2.35. The van der Waals surface area contributed by atoms with Crippen molar-refractivity contribution in [2.75, 3.05) is 0 Å². The van der Waals surface area contributed by atoms with Crippen molar-refractivity contribution in [1.82, 2.24) is 10.3 Å². The zero-order valence-electron chi connectivity index (χ0n) is 12.9. The van der Waals surface area contributed by atoms with Crippen molar-refractivity contribution in [3.05, 3.63) is 52.7 Å². The lowest BCUT2D eigenvalue weighted by atomic mass is 10.1. The van der Waals surface area contributed by atoms with Gasteiger partial charge >= 0.3 is 0 Å². The number of halogens is 1. The molecular weight excluding hydrogens is 284 g/mol. The van der Waals surface area contributed by atoms with Crippen LogP contribution in [0.15, 0.2) is 36.4 Å². The zero-order chi connectivity index (χ0) is 15.5. The molecule has 21 heavy (non-hydrogen) atoms. The van der Waals surface area contributed by atoms with Gasteiger partial charge in [-0.15, -0.1) is 0 Å². The van der Waals surface area contributed by atoms with Gasteiger partial charge in [-0.1, -0.05) is 29.8 Å². The molecule has 1 heterocycles. The molecule has 112 valence electrons. The van der Waals surface area contributed by atoms with Crippen LogP contribution in [-0.2, 0) is 6.54 Å². The van der Waals surface area contributed by atoms with Crippen LogP contribution in [0.5, 0.6) is 11.6 Å². The summed E-state index contributed by atoms with van der Waals surface area (Å²) in [6.45, 7) is 8.93. The molecule has 1 aromatic heterocycles. The van der Waals surface area contributed by atoms with E-state index in [1.165, 1.54) is 0 Å². The van der Waals surface area contributed by atoms with E-state index in [1.807, 2.05) is 37.3 Å². The molecule has 0 radical (unpaired) electrons. The third-order valence-corrected chi connectivity index (χ3v) is 3.33. The van der Waals surface area contributed by atoms with Crippen LogP contribution in [0.2, 0.25) is 5.02 Å². The molecule has 0 aliphatic carbocycles. The van der Waals surface area contributed by atoms with Crippen LogP contribution in [-0.4, -0.2) is 10.5 Å². The maximum atomic E-state index is 6.20. The summed E-state index contributed by atoms with van der Waals surface area (Å²) in [5, 5.41) is 4.02. The quantitative estimate of drug-likeness (QED) is 0.887. The lowest BCUT2D eigenvalue weighted by molar-refractivity contribution is 0.415. The van der Waals surface area contributed by atoms with Gasteiger partial charge in [0.25, 0.3) is 0 Å². The molecule has 0 saturated carbocycles. The molecule has 0 spiro atoms. The molecule has 0 aliphatic heterocycles. The first kappa shape index (κ1) is 15.8. The highest BCUT2D eigenvalue weighted by Gasteiger charge is 2.12. The highest BCUT2D eigenvalue weighted by molar-refractivity contribution is 6.31. The lowest BCUT2D eigenvalue weighted by Gasteiger charge is -2.20. The number of aryl methyl sites for hydroxylation is 1. The maximum absolute atomic E-state index is 6.20. The van der Waals surface area contributed by atoms with Gasteiger partial charge in [-0.2, -0.15) is 0 Å². The van der Waals surface area contributed by atoms with Gasteiger partial charge < -0.3 is 10.1 Å². The molecule has 0 atom stereocenters. The molecule has 1 aromatic carbocycles. The number of aromatic nitrogens is 1. The minimum absolute atomic E-state index is 0.0118. The van der Waals surface area contributed by atoms with Crippen LogP contribution < -0.4 is 10.1 Å². The van der Waals surface area contributed by atoms with Crippen LogP contribution in [0.25, 0.3) is 0 Å². The third-order valence-electron chi connectivity index (χ3n) is 2.99. The van der Waals surface area contributed by atoms with Gasteiger partial charge in [0, 0.05) is 18.2 Å². The van der Waals surface area contributed by atoms with Crippen molar-refractivity contribution in [2.24, 2.45) is 0 Å². The Kier molecular flexibility index (Phi) is 4.86. The summed E-state index contributed by atoms with van der Waals surface area (Å²) in [5.41, 5.74) is 1.87. The van der Waals surface area contributed by atoms with E-state index in [2.05, 4.69) is 31.1 Å². The monoisotopic (exact) mass is 304 g/mol. The summed E-state index contributed by atoms with van der Waals surface area (Å²) in [4.78, 5) is 4.50. The number of pyridine rings is 1. The van der Waals surface area contributed by atoms with Crippen molar-refractivity contribution in [2.45, 2.75) is 39.8 Å². The number of hydrogen-bond acceptors (Lipinski definition) is 3. The fourth-order valence-electron chi connectivity index (χ4n) is 1.78. The standard InChI is InChI=1S/C17H21ClN2O/c1-12-7-5-6-8-15(12)21-16-10-9-13(18)14(20-16)11-19-17(2,3)4/h5-10,19H,11H2,1-4H3. The van der Waals surface area contributed by atoms with Crippen molar-refractivity contribution in [3.8, 4) is 11.6 Å². The highest BCUT2D eigenvalue weighted by Crippen LogP contribution is 2.25. The molecule has 3 nitrogen and oxygen atoms in total. The Morgan fingerprint density at radius 3 is 2.52 bits per heavy atom. The molecule has 0 bridgehead atoms. The summed E-state index contributed by atoms with van der Waals surface area (Å²) in [5.74, 6) is 1.36. The van der Waals surface area contributed by atoms with Crippen LogP contribution in [0.3, 0.4) is 0 Å². The number of hydrogen-bond donors (Lipinski definition) is 1. The summed E-state index contributed by atoms with van der Waals surface area (Å²) >= 11 is 6.20. The topological polar surface area (TPSA) is 34.1 Å². The predicted molar refractivity (Wildman–Crippen MR) is 87.1 cm³/mol. The molecule has 0 amide bonds. The first-order valence-electron chi connectivity index (χ1n) is 6.99. The molecule has 2 rings (SSSR count). The fourth-order valence-corrected chi connectivity index (χ4v) is 1.95. The third kappa shape index (κ3) is 4.73. The van der Waals surface area contributed by atoms with Gasteiger partial charge in [-0.25, -0.2) is 4.98 Å². The Morgan fingerprint density at radius 1 is 1.14 bits per heavy atom. The normalized spacial score (nSPS) is 11.5. The maximum Gasteiger partial charge on any atom is 0.219 e. The summed E-state index contributed by atoms with van der Waals surface area (Å²) in [7, 11) is 0. The molecule has 2 aromatic rings. The van der Waals surface area contributed by atoms with Crippen LogP contribution in [0, 0.1) is 6.92 Å². The second kappa shape index (κ2) is 6.46. The highest BCUT2D eigenvalue weighted by atomic mass is 35.5. The molecular formula is C17H21ClN2O. The second-order valence-corrected chi connectivity index (χ2v) is 6.46. The fraction of sp³-hybridized carbons (Fsp3) is 0.353. The summed E-state index contributed by atoms with van der Waals surface area (Å²) in [6, 6.07) is 11.5. The van der Waals surface area contributed by atoms with Gasteiger partial charge in [0.1, 0.15) is 5.75 Å². The number of nitrogens with zero attached hydrogens (tertiary/aromatic N) is 1. The van der Waals surface area contributed by atoms with E-state index in [9.17, 15) is 0 Å². The van der Waals surface area contributed by atoms with Crippen molar-refractivity contribution in [3.63, 3.8) is 0 Å². The number of benzene rings is 1. The summed E-state index contributed by atoms with van der Waals surface area (Å²) in [6.07, 6.45) is 0. The average molecular weight is 305 g/mol. The van der Waals surface area contributed by atoms with Gasteiger partial charge in [0.2, 0.25) is 5.88 Å². The minimum atomic E-state index is 0.0118. The number of para-hydroxylation sites is 1. The smallest absolute Gasteiger partial charge is 0.219 e. The summed E-state index contributed by atoms with van der Waals surface area (Å²) < 4.78 is 5.84. The second-order valence-electron chi connectivity index (χ2n) is 6.05. The van der Waals surface area contributed by atoms with Crippen LogP contribution in [0.1, 0.15) is 32.0 Å². The van der Waals surface area contributed by atoms with Crippen LogP contribution in [0.4, 0.5) is 0 Å². The van der Waals surface area contributed by atoms with E-state index in [0.29, 0.717) is 17.4 Å². The Balaban J connectivity index is 2.17. The van der Waals surface area contributed by atoms with E-state index in [0.717, 1.165) is 17.0 Å². The van der Waals surface area contributed by atoms with E-state index in [4.69, 9.17) is 16.3 Å². The molecule has 1 N–H and O–H groups in total. The molecule has 0 saturated heterocycles.